The standard InChI is InChI=1S/C21H27N5O7S/c1-4-33-20(29)14-5-7-15(8-6-14)34(31,32)26-11-9-25(10-12-26)13-16(27)17-18(22)23(2)21(30)24(3)19(17)28/h5-8H,4,9-13,22H2,1-3H3/p+1. The van der Waals surface area contributed by atoms with Gasteiger partial charge in [0, 0.05) is 14.1 Å². The summed E-state index contributed by atoms with van der Waals surface area (Å²) in [5, 5.41) is 0. The molecule has 1 fully saturated rings. The first-order valence-electron chi connectivity index (χ1n) is 10.7. The van der Waals surface area contributed by atoms with Gasteiger partial charge in [-0.2, -0.15) is 4.31 Å². The number of ether oxygens (including phenoxy) is 1. The summed E-state index contributed by atoms with van der Waals surface area (Å²) in [5.41, 5.74) is 4.49. The maximum atomic E-state index is 13.0. The first-order chi connectivity index (χ1) is 16.0. The van der Waals surface area contributed by atoms with Gasteiger partial charge < -0.3 is 15.4 Å². The van der Waals surface area contributed by atoms with Gasteiger partial charge in [-0.1, -0.05) is 0 Å². The van der Waals surface area contributed by atoms with Crippen LogP contribution < -0.4 is 21.9 Å². The van der Waals surface area contributed by atoms with Crippen LogP contribution in [-0.4, -0.2) is 72.9 Å². The molecule has 0 unspecified atom stereocenters. The van der Waals surface area contributed by atoms with Crippen molar-refractivity contribution in [3.63, 3.8) is 0 Å². The summed E-state index contributed by atoms with van der Waals surface area (Å²) in [4.78, 5) is 49.8. The molecule has 0 aliphatic carbocycles. The average molecular weight is 495 g/mol. The molecule has 1 aliphatic heterocycles. The lowest BCUT2D eigenvalue weighted by Gasteiger charge is -2.31. The lowest BCUT2D eigenvalue weighted by molar-refractivity contribution is -0.895. The normalized spacial score (nSPS) is 15.3. The fourth-order valence-electron chi connectivity index (χ4n) is 3.78. The fourth-order valence-corrected chi connectivity index (χ4v) is 5.22. The summed E-state index contributed by atoms with van der Waals surface area (Å²) in [6.07, 6.45) is 0. The first-order valence-corrected chi connectivity index (χ1v) is 12.1. The number of quaternary nitrogens is 1. The van der Waals surface area contributed by atoms with Gasteiger partial charge in [0.05, 0.1) is 43.2 Å². The van der Waals surface area contributed by atoms with Crippen molar-refractivity contribution >= 4 is 27.6 Å². The lowest BCUT2D eigenvalue weighted by atomic mass is 10.1. The highest BCUT2D eigenvalue weighted by Crippen LogP contribution is 2.17. The third-order valence-corrected chi connectivity index (χ3v) is 7.74. The van der Waals surface area contributed by atoms with Crippen LogP contribution >= 0.6 is 0 Å². The van der Waals surface area contributed by atoms with Crippen molar-refractivity contribution in [3.05, 3.63) is 56.2 Å². The number of hydrogen-bond donors (Lipinski definition) is 2. The number of benzene rings is 1. The Kier molecular flexibility index (Phi) is 7.38. The minimum atomic E-state index is -3.78. The molecule has 13 heteroatoms. The highest BCUT2D eigenvalue weighted by Gasteiger charge is 2.32. The number of piperazine rings is 1. The third kappa shape index (κ3) is 4.81. The van der Waals surface area contributed by atoms with Crippen LogP contribution in [0.3, 0.4) is 0 Å². The van der Waals surface area contributed by atoms with E-state index in [1.54, 1.807) is 6.92 Å². The van der Waals surface area contributed by atoms with Crippen molar-refractivity contribution in [1.82, 2.24) is 13.4 Å². The van der Waals surface area contributed by atoms with Crippen molar-refractivity contribution in [1.29, 1.82) is 0 Å². The zero-order chi connectivity index (χ0) is 25.2. The molecule has 12 nitrogen and oxygen atoms in total. The van der Waals surface area contributed by atoms with Crippen LogP contribution in [-0.2, 0) is 28.9 Å². The Balaban J connectivity index is 1.68. The Morgan fingerprint density at radius 3 is 2.21 bits per heavy atom. The van der Waals surface area contributed by atoms with E-state index >= 15 is 0 Å². The van der Waals surface area contributed by atoms with Gasteiger partial charge in [-0.25, -0.2) is 18.0 Å². The molecule has 184 valence electrons. The number of nitrogen functional groups attached to an aromatic ring is 1. The number of rotatable bonds is 7. The maximum Gasteiger partial charge on any atom is 0.338 e. The van der Waals surface area contributed by atoms with E-state index in [-0.39, 0.29) is 48.1 Å². The van der Waals surface area contributed by atoms with Gasteiger partial charge in [-0.3, -0.25) is 18.7 Å². The minimum Gasteiger partial charge on any atom is -0.462 e. The molecular weight excluding hydrogens is 466 g/mol. The highest BCUT2D eigenvalue weighted by atomic mass is 32.2. The Bertz CT molecular complexity index is 1320. The van der Waals surface area contributed by atoms with Crippen LogP contribution in [0.25, 0.3) is 0 Å². The number of esters is 1. The summed E-state index contributed by atoms with van der Waals surface area (Å²) < 4.78 is 34.1. The second-order valence-corrected chi connectivity index (χ2v) is 9.90. The van der Waals surface area contributed by atoms with Gasteiger partial charge in [0.25, 0.3) is 5.56 Å². The molecule has 3 rings (SSSR count). The van der Waals surface area contributed by atoms with Crippen LogP contribution in [0.4, 0.5) is 5.82 Å². The summed E-state index contributed by atoms with van der Waals surface area (Å²) in [7, 11) is -1.13. The fraction of sp³-hybridized carbons (Fsp3) is 0.429. The Morgan fingerprint density at radius 1 is 1.06 bits per heavy atom. The molecule has 2 heterocycles. The average Bonchev–Trinajstić information content (AvgIpc) is 2.82. The van der Waals surface area contributed by atoms with Crippen LogP contribution in [0, 0.1) is 0 Å². The first kappa shape index (κ1) is 25.3. The van der Waals surface area contributed by atoms with Gasteiger partial charge in [-0.15, -0.1) is 0 Å². The molecule has 0 spiro atoms. The van der Waals surface area contributed by atoms with Crippen molar-refractivity contribution in [2.75, 3.05) is 45.1 Å². The molecule has 0 atom stereocenters. The zero-order valence-corrected chi connectivity index (χ0v) is 20.1. The number of sulfonamides is 1. The molecule has 1 aromatic carbocycles. The van der Waals surface area contributed by atoms with Crippen LogP contribution in [0.5, 0.6) is 0 Å². The molecule has 2 aromatic rings. The van der Waals surface area contributed by atoms with E-state index in [2.05, 4.69) is 0 Å². The van der Waals surface area contributed by atoms with Gasteiger partial charge in [0.2, 0.25) is 15.8 Å². The smallest absolute Gasteiger partial charge is 0.338 e. The molecule has 1 aromatic heterocycles. The number of carbonyl (C=O) groups is 2. The summed E-state index contributed by atoms with van der Waals surface area (Å²) in [5.74, 6) is -1.22. The van der Waals surface area contributed by atoms with Gasteiger partial charge >= 0.3 is 11.7 Å². The van der Waals surface area contributed by atoms with Crippen LogP contribution in [0.15, 0.2) is 38.8 Å². The Hall–Kier alpha value is -3.29. The topological polar surface area (TPSA) is 155 Å². The largest absolute Gasteiger partial charge is 0.462 e. The molecule has 0 radical (unpaired) electrons. The van der Waals surface area contributed by atoms with Crippen molar-refractivity contribution < 1.29 is 27.6 Å². The summed E-state index contributed by atoms with van der Waals surface area (Å²) in [6.45, 7) is 2.88. The number of ketones is 1. The molecule has 0 bridgehead atoms. The number of hydrogen-bond acceptors (Lipinski definition) is 8. The number of nitrogens with zero attached hydrogens (tertiary/aromatic N) is 3. The highest BCUT2D eigenvalue weighted by molar-refractivity contribution is 7.89. The second-order valence-electron chi connectivity index (χ2n) is 7.96. The van der Waals surface area contributed by atoms with Gasteiger partial charge in [-0.05, 0) is 31.2 Å². The molecule has 3 N–H and O–H groups in total. The van der Waals surface area contributed by atoms with E-state index in [4.69, 9.17) is 10.5 Å². The summed E-state index contributed by atoms with van der Waals surface area (Å²) >= 11 is 0. The molecule has 0 saturated carbocycles. The number of nitrogens with one attached hydrogen (secondary N) is 1. The number of nitrogens with two attached hydrogens (primary N) is 1. The molecular formula is C21H28N5O7S+. The van der Waals surface area contributed by atoms with Crippen LogP contribution in [0.1, 0.15) is 27.6 Å². The van der Waals surface area contributed by atoms with Crippen molar-refractivity contribution in [2.45, 2.75) is 11.8 Å². The Morgan fingerprint density at radius 2 is 1.65 bits per heavy atom. The Labute approximate surface area is 196 Å². The SMILES string of the molecule is CCOC(=O)c1ccc(S(=O)(=O)N2CC[NH+](CC(=O)c3c(N)n(C)c(=O)n(C)c3=O)CC2)cc1. The summed E-state index contributed by atoms with van der Waals surface area (Å²) in [6, 6.07) is 5.54. The molecule has 0 amide bonds. The maximum absolute atomic E-state index is 13.0. The van der Waals surface area contributed by atoms with E-state index in [0.717, 1.165) is 14.0 Å². The second kappa shape index (κ2) is 9.91. The number of Topliss-reactive ketones (excluding diaryl/α,β-unsaturated/α-hetero) is 1. The molecule has 1 saturated heterocycles. The number of carbonyl (C=O) groups excluding carboxylic acids is 2. The zero-order valence-electron chi connectivity index (χ0n) is 19.2. The van der Waals surface area contributed by atoms with E-state index in [1.165, 1.54) is 42.7 Å². The molecule has 34 heavy (non-hydrogen) atoms. The minimum absolute atomic E-state index is 0.0558. The van der Waals surface area contributed by atoms with E-state index in [9.17, 15) is 27.6 Å². The van der Waals surface area contributed by atoms with Gasteiger partial charge in [0.1, 0.15) is 17.9 Å². The van der Waals surface area contributed by atoms with E-state index < -0.39 is 33.0 Å². The van der Waals surface area contributed by atoms with Gasteiger partial charge in [0.15, 0.2) is 0 Å². The van der Waals surface area contributed by atoms with Crippen LogP contribution in [0.2, 0.25) is 0 Å². The quantitative estimate of drug-likeness (QED) is 0.319. The predicted molar refractivity (Wildman–Crippen MR) is 122 cm³/mol. The number of anilines is 1. The lowest BCUT2D eigenvalue weighted by Crippen LogP contribution is -3.15. The van der Waals surface area contributed by atoms with Crippen molar-refractivity contribution in [3.8, 4) is 0 Å². The van der Waals surface area contributed by atoms with E-state index in [1.807, 2.05) is 0 Å². The monoisotopic (exact) mass is 494 g/mol. The predicted octanol–water partition coefficient (Wildman–Crippen LogP) is -2.38. The van der Waals surface area contributed by atoms with Crippen molar-refractivity contribution in [2.24, 2.45) is 14.1 Å². The molecule has 1 aliphatic rings. The van der Waals surface area contributed by atoms with E-state index in [0.29, 0.717) is 13.1 Å². The third-order valence-electron chi connectivity index (χ3n) is 5.83. The number of aromatic nitrogens is 2.